The number of aromatic hydroxyl groups is 1. The van der Waals surface area contributed by atoms with Crippen molar-refractivity contribution in [1.29, 1.82) is 0 Å². The van der Waals surface area contributed by atoms with Crippen molar-refractivity contribution >= 4 is 11.9 Å². The molecule has 1 N–H and O–H groups in total. The second kappa shape index (κ2) is 6.18. The minimum Gasteiger partial charge on any atom is -0.508 e. The molecule has 4 heteroatoms. The fourth-order valence-corrected chi connectivity index (χ4v) is 2.13. The van der Waals surface area contributed by atoms with E-state index in [-0.39, 0.29) is 5.75 Å². The van der Waals surface area contributed by atoms with Crippen LogP contribution >= 0.6 is 0 Å². The molecular formula is C18H16N2O2. The van der Waals surface area contributed by atoms with Gasteiger partial charge in [0.1, 0.15) is 11.5 Å². The summed E-state index contributed by atoms with van der Waals surface area (Å²) < 4.78 is 7.17. The van der Waals surface area contributed by atoms with Gasteiger partial charge in [0, 0.05) is 35.9 Å². The third kappa shape index (κ3) is 3.17. The number of aromatic nitrogens is 1. The molecule has 3 rings (SSSR count). The zero-order valence-electron chi connectivity index (χ0n) is 12.2. The lowest BCUT2D eigenvalue weighted by atomic mass is 10.3. The molecule has 0 aliphatic rings. The Hall–Kier alpha value is -3.01. The van der Waals surface area contributed by atoms with Gasteiger partial charge < -0.3 is 14.4 Å². The van der Waals surface area contributed by atoms with Gasteiger partial charge in [-0.1, -0.05) is 6.07 Å². The minimum absolute atomic E-state index is 0.213. The predicted molar refractivity (Wildman–Crippen MR) is 87.7 cm³/mol. The van der Waals surface area contributed by atoms with Gasteiger partial charge in [0.15, 0.2) is 0 Å². The Morgan fingerprint density at radius 3 is 2.64 bits per heavy atom. The largest absolute Gasteiger partial charge is 0.508 e. The lowest BCUT2D eigenvalue weighted by molar-refractivity contribution is 0.415. The first kappa shape index (κ1) is 13.9. The van der Waals surface area contributed by atoms with Gasteiger partial charge in [-0.15, -0.1) is 0 Å². The molecule has 3 aromatic rings. The molecule has 22 heavy (non-hydrogen) atoms. The SMILES string of the molecule is COc1ccc(-n2ccc(C=Nc3cccc(O)c3)c2)cc1. The number of methoxy groups -OCH3 is 1. The van der Waals surface area contributed by atoms with Gasteiger partial charge in [-0.05, 0) is 42.5 Å². The molecule has 0 atom stereocenters. The summed E-state index contributed by atoms with van der Waals surface area (Å²) in [5.41, 5.74) is 2.76. The summed E-state index contributed by atoms with van der Waals surface area (Å²) in [7, 11) is 1.65. The molecule has 110 valence electrons. The lowest BCUT2D eigenvalue weighted by Crippen LogP contribution is -1.90. The van der Waals surface area contributed by atoms with Crippen molar-refractivity contribution in [2.45, 2.75) is 0 Å². The number of hydrogen-bond acceptors (Lipinski definition) is 3. The zero-order chi connectivity index (χ0) is 15.4. The van der Waals surface area contributed by atoms with Crippen LogP contribution in [0.1, 0.15) is 5.56 Å². The minimum atomic E-state index is 0.213. The Balaban J connectivity index is 1.78. The van der Waals surface area contributed by atoms with Gasteiger partial charge >= 0.3 is 0 Å². The Labute approximate surface area is 128 Å². The first-order valence-corrected chi connectivity index (χ1v) is 6.90. The Bertz CT molecular complexity index is 789. The van der Waals surface area contributed by atoms with E-state index >= 15 is 0 Å². The summed E-state index contributed by atoms with van der Waals surface area (Å²) >= 11 is 0. The van der Waals surface area contributed by atoms with Crippen LogP contribution in [0.4, 0.5) is 5.69 Å². The molecule has 1 heterocycles. The molecule has 0 unspecified atom stereocenters. The molecule has 0 aliphatic heterocycles. The highest BCUT2D eigenvalue weighted by molar-refractivity contribution is 5.82. The van der Waals surface area contributed by atoms with E-state index in [1.54, 1.807) is 31.5 Å². The molecule has 1 aromatic heterocycles. The molecular weight excluding hydrogens is 276 g/mol. The maximum Gasteiger partial charge on any atom is 0.119 e. The molecule has 0 spiro atoms. The number of nitrogens with zero attached hydrogens (tertiary/aromatic N) is 2. The van der Waals surface area contributed by atoms with Crippen molar-refractivity contribution in [3.05, 3.63) is 72.6 Å². The standard InChI is InChI=1S/C18H16N2O2/c1-22-18-7-5-16(6-8-18)20-10-9-14(13-20)12-19-15-3-2-4-17(21)11-15/h2-13,21H,1H3. The number of ether oxygens (including phenoxy) is 1. The second-order valence-corrected chi connectivity index (χ2v) is 4.83. The van der Waals surface area contributed by atoms with Crippen LogP contribution in [0.25, 0.3) is 5.69 Å². The zero-order valence-corrected chi connectivity index (χ0v) is 12.2. The highest BCUT2D eigenvalue weighted by Gasteiger charge is 1.99. The number of aliphatic imine (C=N–C) groups is 1. The highest BCUT2D eigenvalue weighted by Crippen LogP contribution is 2.19. The average Bonchev–Trinajstić information content (AvgIpc) is 3.02. The van der Waals surface area contributed by atoms with Crippen molar-refractivity contribution in [2.75, 3.05) is 7.11 Å². The summed E-state index contributed by atoms with van der Waals surface area (Å²) in [5.74, 6) is 1.05. The summed E-state index contributed by atoms with van der Waals surface area (Å²) in [6.45, 7) is 0. The molecule has 0 aliphatic carbocycles. The van der Waals surface area contributed by atoms with E-state index in [2.05, 4.69) is 4.99 Å². The fourth-order valence-electron chi connectivity index (χ4n) is 2.13. The van der Waals surface area contributed by atoms with E-state index in [0.29, 0.717) is 0 Å². The van der Waals surface area contributed by atoms with E-state index in [4.69, 9.17) is 4.74 Å². The van der Waals surface area contributed by atoms with Crippen LogP contribution in [-0.4, -0.2) is 23.0 Å². The Morgan fingerprint density at radius 1 is 1.09 bits per heavy atom. The van der Waals surface area contributed by atoms with Gasteiger partial charge in [0.05, 0.1) is 12.8 Å². The summed E-state index contributed by atoms with van der Waals surface area (Å²) in [6.07, 6.45) is 5.74. The Morgan fingerprint density at radius 2 is 1.91 bits per heavy atom. The lowest BCUT2D eigenvalue weighted by Gasteiger charge is -2.04. The van der Waals surface area contributed by atoms with Crippen LogP contribution < -0.4 is 4.74 Å². The van der Waals surface area contributed by atoms with Gasteiger partial charge in [0.2, 0.25) is 0 Å². The van der Waals surface area contributed by atoms with E-state index in [1.807, 2.05) is 53.4 Å². The van der Waals surface area contributed by atoms with Gasteiger partial charge in [-0.25, -0.2) is 0 Å². The molecule has 2 aromatic carbocycles. The molecule has 0 fully saturated rings. The van der Waals surface area contributed by atoms with Crippen LogP contribution in [0.15, 0.2) is 72.0 Å². The molecule has 0 bridgehead atoms. The molecule has 0 saturated carbocycles. The smallest absolute Gasteiger partial charge is 0.119 e. The van der Waals surface area contributed by atoms with Crippen LogP contribution in [0.3, 0.4) is 0 Å². The molecule has 4 nitrogen and oxygen atoms in total. The number of benzene rings is 2. The van der Waals surface area contributed by atoms with E-state index in [0.717, 1.165) is 22.7 Å². The van der Waals surface area contributed by atoms with Crippen LogP contribution in [0.5, 0.6) is 11.5 Å². The highest BCUT2D eigenvalue weighted by atomic mass is 16.5. The summed E-state index contributed by atoms with van der Waals surface area (Å²) in [5, 5.41) is 9.42. The first-order chi connectivity index (χ1) is 10.7. The van der Waals surface area contributed by atoms with Crippen LogP contribution in [0, 0.1) is 0 Å². The molecule has 0 radical (unpaired) electrons. The van der Waals surface area contributed by atoms with Crippen LogP contribution in [-0.2, 0) is 0 Å². The number of phenolic OH excluding ortho intramolecular Hbond substituents is 1. The van der Waals surface area contributed by atoms with Crippen molar-refractivity contribution in [3.8, 4) is 17.2 Å². The predicted octanol–water partition coefficient (Wildman–Crippen LogP) is 3.94. The second-order valence-electron chi connectivity index (χ2n) is 4.83. The normalized spacial score (nSPS) is 11.0. The summed E-state index contributed by atoms with van der Waals surface area (Å²) in [6, 6.07) is 16.7. The maximum absolute atomic E-state index is 9.42. The number of rotatable bonds is 4. The molecule has 0 amide bonds. The van der Waals surface area contributed by atoms with E-state index in [9.17, 15) is 5.11 Å². The quantitative estimate of drug-likeness (QED) is 0.740. The van der Waals surface area contributed by atoms with E-state index < -0.39 is 0 Å². The summed E-state index contributed by atoms with van der Waals surface area (Å²) in [4.78, 5) is 4.35. The maximum atomic E-state index is 9.42. The third-order valence-corrected chi connectivity index (χ3v) is 3.28. The van der Waals surface area contributed by atoms with Crippen molar-refractivity contribution in [1.82, 2.24) is 4.57 Å². The third-order valence-electron chi connectivity index (χ3n) is 3.28. The fraction of sp³-hybridized carbons (Fsp3) is 0.0556. The monoisotopic (exact) mass is 292 g/mol. The van der Waals surface area contributed by atoms with Gasteiger partial charge in [0.25, 0.3) is 0 Å². The van der Waals surface area contributed by atoms with Gasteiger partial charge in [-0.2, -0.15) is 0 Å². The number of phenols is 1. The van der Waals surface area contributed by atoms with Crippen molar-refractivity contribution in [2.24, 2.45) is 4.99 Å². The van der Waals surface area contributed by atoms with Crippen LogP contribution in [0.2, 0.25) is 0 Å². The van der Waals surface area contributed by atoms with Crippen molar-refractivity contribution < 1.29 is 9.84 Å². The molecule has 0 saturated heterocycles. The van der Waals surface area contributed by atoms with Gasteiger partial charge in [-0.3, -0.25) is 4.99 Å². The Kier molecular flexibility index (Phi) is 3.92. The average molecular weight is 292 g/mol. The first-order valence-electron chi connectivity index (χ1n) is 6.90. The number of hydrogen-bond donors (Lipinski definition) is 1. The topological polar surface area (TPSA) is 46.8 Å². The van der Waals surface area contributed by atoms with E-state index in [1.165, 1.54) is 0 Å². The van der Waals surface area contributed by atoms with Crippen molar-refractivity contribution in [3.63, 3.8) is 0 Å².